The van der Waals surface area contributed by atoms with Crippen molar-refractivity contribution in [3.8, 4) is 0 Å². The molecule has 6 nitrogen and oxygen atoms in total. The van der Waals surface area contributed by atoms with Crippen LogP contribution in [-0.2, 0) is 0 Å². The predicted octanol–water partition coefficient (Wildman–Crippen LogP) is 4.44. The molecular weight excluding hydrogens is 404 g/mol. The molecule has 0 amide bonds. The van der Waals surface area contributed by atoms with Crippen LogP contribution in [-0.4, -0.2) is 15.5 Å². The average molecular weight is 418 g/mol. The van der Waals surface area contributed by atoms with Crippen molar-refractivity contribution < 1.29 is 4.39 Å². The quantitative estimate of drug-likeness (QED) is 0.646. The van der Waals surface area contributed by atoms with E-state index in [0.29, 0.717) is 38.9 Å². The van der Waals surface area contributed by atoms with E-state index in [0.717, 1.165) is 0 Å². The second-order valence-corrected chi connectivity index (χ2v) is 6.97. The highest BCUT2D eigenvalue weighted by atomic mass is 35.5. The first kappa shape index (κ1) is 18.5. The Hall–Kier alpha value is -2.90. The Morgan fingerprint density at radius 3 is 2.68 bits per heavy atom. The van der Waals surface area contributed by atoms with Gasteiger partial charge in [0.1, 0.15) is 5.82 Å². The van der Waals surface area contributed by atoms with Gasteiger partial charge in [-0.2, -0.15) is 0 Å². The summed E-state index contributed by atoms with van der Waals surface area (Å²) >= 11 is 12.3. The van der Waals surface area contributed by atoms with Gasteiger partial charge in [-0.25, -0.2) is 14.4 Å². The van der Waals surface area contributed by atoms with Crippen LogP contribution in [0.2, 0.25) is 10.0 Å². The van der Waals surface area contributed by atoms with Gasteiger partial charge in [0.2, 0.25) is 11.9 Å². The fourth-order valence-electron chi connectivity index (χ4n) is 2.90. The van der Waals surface area contributed by atoms with Crippen molar-refractivity contribution in [2.24, 2.45) is 4.99 Å². The third-order valence-corrected chi connectivity index (χ3v) is 5.00. The van der Waals surface area contributed by atoms with Crippen LogP contribution >= 0.6 is 23.2 Å². The molecule has 0 radical (unpaired) electrons. The van der Waals surface area contributed by atoms with Crippen LogP contribution in [0.5, 0.6) is 0 Å². The van der Waals surface area contributed by atoms with Crippen molar-refractivity contribution >= 4 is 40.8 Å². The molecule has 0 aliphatic carbocycles. The predicted molar refractivity (Wildman–Crippen MR) is 109 cm³/mol. The maximum Gasteiger partial charge on any atom is 0.257 e. The molecule has 28 heavy (non-hydrogen) atoms. The first-order valence-corrected chi connectivity index (χ1v) is 9.09. The fourth-order valence-corrected chi connectivity index (χ4v) is 3.25. The van der Waals surface area contributed by atoms with Gasteiger partial charge < -0.3 is 5.32 Å². The minimum absolute atomic E-state index is 0.270. The molecule has 3 aromatic rings. The van der Waals surface area contributed by atoms with Crippen LogP contribution in [0.1, 0.15) is 17.4 Å². The van der Waals surface area contributed by atoms with Crippen molar-refractivity contribution in [3.63, 3.8) is 0 Å². The summed E-state index contributed by atoms with van der Waals surface area (Å²) in [4.78, 5) is 21.6. The van der Waals surface area contributed by atoms with E-state index >= 15 is 0 Å². The molecule has 2 aromatic carbocycles. The minimum Gasteiger partial charge on any atom is -0.325 e. The lowest BCUT2D eigenvalue weighted by atomic mass is 10.1. The summed E-state index contributed by atoms with van der Waals surface area (Å²) < 4.78 is 14.8. The molecule has 0 bridgehead atoms. The summed E-state index contributed by atoms with van der Waals surface area (Å²) in [7, 11) is 0. The number of hydrogen-bond acceptors (Lipinski definition) is 5. The van der Waals surface area contributed by atoms with Crippen LogP contribution in [0.25, 0.3) is 0 Å². The molecule has 142 valence electrons. The van der Waals surface area contributed by atoms with Gasteiger partial charge in [0, 0.05) is 11.8 Å². The number of aromatic nitrogens is 2. The summed E-state index contributed by atoms with van der Waals surface area (Å²) in [5, 5.41) is 6.81. The van der Waals surface area contributed by atoms with Gasteiger partial charge in [0.25, 0.3) is 5.56 Å². The van der Waals surface area contributed by atoms with E-state index < -0.39 is 6.17 Å². The van der Waals surface area contributed by atoms with Gasteiger partial charge in [-0.05, 0) is 36.8 Å². The molecule has 1 atom stereocenters. The Balaban J connectivity index is 1.81. The number of aliphatic imine (C=N–C) groups is 1. The van der Waals surface area contributed by atoms with Gasteiger partial charge in [-0.3, -0.25) is 14.7 Å². The Morgan fingerprint density at radius 2 is 1.93 bits per heavy atom. The van der Waals surface area contributed by atoms with E-state index in [4.69, 9.17) is 23.2 Å². The number of rotatable bonds is 2. The highest BCUT2D eigenvalue weighted by molar-refractivity contribution is 6.44. The van der Waals surface area contributed by atoms with E-state index in [1.165, 1.54) is 22.8 Å². The Morgan fingerprint density at radius 1 is 1.18 bits per heavy atom. The number of hydrogen-bond donors (Lipinski definition) is 2. The SMILES string of the molecule is Cc1cc(=O)n2c(n1)NC(Nc1cccc(Cl)c1Cl)=NC2c1ccc(F)cc1. The smallest absolute Gasteiger partial charge is 0.257 e. The molecule has 1 unspecified atom stereocenters. The zero-order chi connectivity index (χ0) is 19.8. The molecule has 0 saturated heterocycles. The second kappa shape index (κ2) is 7.26. The van der Waals surface area contributed by atoms with Gasteiger partial charge >= 0.3 is 0 Å². The first-order chi connectivity index (χ1) is 13.4. The van der Waals surface area contributed by atoms with Crippen molar-refractivity contribution in [1.29, 1.82) is 0 Å². The molecule has 0 saturated carbocycles. The normalized spacial score (nSPS) is 15.4. The molecule has 0 fully saturated rings. The van der Waals surface area contributed by atoms with Crippen molar-refractivity contribution in [2.75, 3.05) is 10.6 Å². The number of guanidine groups is 1. The molecular formula is C19H14Cl2FN5O. The molecule has 4 rings (SSSR count). The number of fused-ring (bicyclic) bond motifs is 1. The van der Waals surface area contributed by atoms with E-state index in [1.807, 2.05) is 0 Å². The van der Waals surface area contributed by atoms with E-state index in [-0.39, 0.29) is 11.4 Å². The Labute approximate surface area is 169 Å². The van der Waals surface area contributed by atoms with E-state index in [1.54, 1.807) is 37.3 Å². The largest absolute Gasteiger partial charge is 0.325 e. The highest BCUT2D eigenvalue weighted by Crippen LogP contribution is 2.31. The average Bonchev–Trinajstić information content (AvgIpc) is 2.65. The lowest BCUT2D eigenvalue weighted by molar-refractivity contribution is 0.573. The zero-order valence-electron chi connectivity index (χ0n) is 14.6. The summed E-state index contributed by atoms with van der Waals surface area (Å²) in [6, 6.07) is 12.4. The summed E-state index contributed by atoms with van der Waals surface area (Å²) in [6.45, 7) is 1.73. The minimum atomic E-state index is -0.724. The highest BCUT2D eigenvalue weighted by Gasteiger charge is 2.25. The number of anilines is 2. The maximum atomic E-state index is 13.4. The third-order valence-electron chi connectivity index (χ3n) is 4.18. The lowest BCUT2D eigenvalue weighted by Gasteiger charge is -2.27. The topological polar surface area (TPSA) is 71.3 Å². The second-order valence-electron chi connectivity index (χ2n) is 6.18. The molecule has 9 heteroatoms. The molecule has 2 heterocycles. The molecule has 1 aliphatic rings. The molecule has 0 spiro atoms. The van der Waals surface area contributed by atoms with Crippen molar-refractivity contribution in [1.82, 2.24) is 9.55 Å². The third kappa shape index (κ3) is 3.46. The summed E-state index contributed by atoms with van der Waals surface area (Å²) in [5.41, 5.74) is 1.46. The first-order valence-electron chi connectivity index (χ1n) is 8.34. The Kier molecular flexibility index (Phi) is 4.78. The van der Waals surface area contributed by atoms with Crippen molar-refractivity contribution in [3.05, 3.63) is 86.0 Å². The summed E-state index contributed by atoms with van der Waals surface area (Å²) in [5.74, 6) is 0.270. The zero-order valence-corrected chi connectivity index (χ0v) is 16.1. The molecule has 1 aliphatic heterocycles. The Bertz CT molecular complexity index is 1140. The van der Waals surface area contributed by atoms with Gasteiger partial charge in [-0.15, -0.1) is 0 Å². The van der Waals surface area contributed by atoms with Gasteiger partial charge in [0.15, 0.2) is 6.17 Å². The van der Waals surface area contributed by atoms with Crippen LogP contribution in [0.3, 0.4) is 0 Å². The number of nitrogens with zero attached hydrogens (tertiary/aromatic N) is 3. The monoisotopic (exact) mass is 417 g/mol. The maximum absolute atomic E-state index is 13.4. The van der Waals surface area contributed by atoms with Gasteiger partial charge in [-0.1, -0.05) is 41.4 Å². The van der Waals surface area contributed by atoms with Crippen molar-refractivity contribution in [2.45, 2.75) is 13.1 Å². The molecule has 1 aromatic heterocycles. The van der Waals surface area contributed by atoms with Crippen LogP contribution in [0, 0.1) is 12.7 Å². The number of aryl methyl sites for hydroxylation is 1. The van der Waals surface area contributed by atoms with Gasteiger partial charge in [0.05, 0.1) is 15.7 Å². The standard InChI is InChI=1S/C19H14Cl2FN5O/c1-10-9-15(28)27-17(11-5-7-12(22)8-6-11)25-18(26-19(27)23-10)24-14-4-2-3-13(20)16(14)21/h2-9,17H,1H3,(H2,23,24,25,26). The lowest BCUT2D eigenvalue weighted by Crippen LogP contribution is -2.37. The summed E-state index contributed by atoms with van der Waals surface area (Å²) in [6.07, 6.45) is -0.724. The van der Waals surface area contributed by atoms with Crippen LogP contribution in [0.15, 0.2) is 58.3 Å². The molecule has 2 N–H and O–H groups in total. The van der Waals surface area contributed by atoms with E-state index in [2.05, 4.69) is 20.6 Å². The van der Waals surface area contributed by atoms with Crippen LogP contribution < -0.4 is 16.2 Å². The fraction of sp³-hybridized carbons (Fsp3) is 0.105. The van der Waals surface area contributed by atoms with E-state index in [9.17, 15) is 9.18 Å². The number of benzene rings is 2. The number of halogens is 3. The number of nitrogens with one attached hydrogen (secondary N) is 2. The van der Waals surface area contributed by atoms with Crippen LogP contribution in [0.4, 0.5) is 16.0 Å².